The number of amides is 2. The molecule has 1 heterocycles. The predicted octanol–water partition coefficient (Wildman–Crippen LogP) is 5.65. The topological polar surface area (TPSA) is 76.2 Å². The zero-order chi connectivity index (χ0) is 27.4. The van der Waals surface area contributed by atoms with Crippen molar-refractivity contribution in [3.05, 3.63) is 59.7 Å². The van der Waals surface area contributed by atoms with Gasteiger partial charge in [-0.3, -0.25) is 14.4 Å². The Hall–Kier alpha value is -3.56. The zero-order valence-corrected chi connectivity index (χ0v) is 21.4. The van der Waals surface area contributed by atoms with Crippen molar-refractivity contribution in [3.63, 3.8) is 0 Å². The van der Waals surface area contributed by atoms with Gasteiger partial charge < -0.3 is 19.3 Å². The average molecular weight is 533 g/mol. The van der Waals surface area contributed by atoms with Gasteiger partial charge in [-0.25, -0.2) is 0 Å². The molecule has 0 radical (unpaired) electrons. The number of fused-ring (bicyclic) bond motifs is 2. The number of benzene rings is 2. The van der Waals surface area contributed by atoms with E-state index < -0.39 is 12.1 Å². The van der Waals surface area contributed by atoms with Crippen LogP contribution in [0.4, 0.5) is 18.9 Å². The summed E-state index contributed by atoms with van der Waals surface area (Å²) in [6.45, 7) is 3.69. The lowest BCUT2D eigenvalue weighted by molar-refractivity contribution is -0.274. The standard InChI is InChI=1S/C28H31F3N2O5/c1-18(34)32(16-5-6-17-37-19(2)35)26-22-8-3-4-10-24(22)33(25-11-7-9-23(25)26)27(36)20-12-14-21(15-13-20)38-28(29,30)31/h3-4,8,10,12-15,23,25-26H,5-7,9,11,16-17H2,1-2H3. The summed E-state index contributed by atoms with van der Waals surface area (Å²) >= 11 is 0. The van der Waals surface area contributed by atoms with Crippen LogP contribution < -0.4 is 9.64 Å². The van der Waals surface area contributed by atoms with Gasteiger partial charge in [-0.15, -0.1) is 13.2 Å². The first-order chi connectivity index (χ1) is 18.1. The number of ether oxygens (including phenoxy) is 2. The van der Waals surface area contributed by atoms with Gasteiger partial charge >= 0.3 is 12.3 Å². The molecular weight excluding hydrogens is 501 g/mol. The number of alkyl halides is 3. The molecule has 10 heteroatoms. The summed E-state index contributed by atoms with van der Waals surface area (Å²) in [5.41, 5.74) is 1.83. The number of hydrogen-bond donors (Lipinski definition) is 0. The van der Waals surface area contributed by atoms with Crippen molar-refractivity contribution in [3.8, 4) is 5.75 Å². The first-order valence-corrected chi connectivity index (χ1v) is 12.8. The zero-order valence-electron chi connectivity index (χ0n) is 21.4. The molecule has 3 unspecified atom stereocenters. The van der Waals surface area contributed by atoms with Gasteiger partial charge in [0.05, 0.1) is 12.6 Å². The summed E-state index contributed by atoms with van der Waals surface area (Å²) < 4.78 is 46.7. The number of unbranched alkanes of at least 4 members (excludes halogenated alkanes) is 1. The van der Waals surface area contributed by atoms with E-state index in [-0.39, 0.29) is 41.3 Å². The first-order valence-electron chi connectivity index (χ1n) is 12.8. The Morgan fingerprint density at radius 2 is 1.71 bits per heavy atom. The Morgan fingerprint density at radius 1 is 1.00 bits per heavy atom. The molecule has 0 aromatic heterocycles. The number of hydrogen-bond acceptors (Lipinski definition) is 5. The molecule has 1 aliphatic heterocycles. The number of carbonyl (C=O) groups is 3. The van der Waals surface area contributed by atoms with E-state index in [1.54, 1.807) is 11.8 Å². The van der Waals surface area contributed by atoms with Gasteiger partial charge in [0, 0.05) is 43.6 Å². The summed E-state index contributed by atoms with van der Waals surface area (Å²) in [6, 6.07) is 12.1. The van der Waals surface area contributed by atoms with E-state index in [2.05, 4.69) is 4.74 Å². The summed E-state index contributed by atoms with van der Waals surface area (Å²) in [6.07, 6.45) is -1.03. The minimum atomic E-state index is -4.81. The highest BCUT2D eigenvalue weighted by molar-refractivity contribution is 6.07. The van der Waals surface area contributed by atoms with Crippen LogP contribution in [-0.4, -0.2) is 48.2 Å². The largest absolute Gasteiger partial charge is 0.573 e. The van der Waals surface area contributed by atoms with Crippen molar-refractivity contribution < 1.29 is 37.0 Å². The molecule has 1 aliphatic carbocycles. The lowest BCUT2D eigenvalue weighted by Gasteiger charge is -2.47. The maximum Gasteiger partial charge on any atom is 0.573 e. The number of para-hydroxylation sites is 1. The molecule has 2 amide bonds. The van der Waals surface area contributed by atoms with E-state index >= 15 is 0 Å². The number of esters is 1. The summed E-state index contributed by atoms with van der Waals surface area (Å²) in [4.78, 5) is 41.3. The van der Waals surface area contributed by atoms with E-state index in [9.17, 15) is 27.6 Å². The van der Waals surface area contributed by atoms with Gasteiger partial charge in [0.2, 0.25) is 5.91 Å². The van der Waals surface area contributed by atoms with Gasteiger partial charge in [0.1, 0.15) is 5.75 Å². The number of nitrogens with zero attached hydrogens (tertiary/aromatic N) is 2. The van der Waals surface area contributed by atoms with Crippen molar-refractivity contribution in [2.75, 3.05) is 18.1 Å². The second-order valence-corrected chi connectivity index (χ2v) is 9.67. The molecule has 2 aromatic carbocycles. The van der Waals surface area contributed by atoms with Crippen molar-refractivity contribution >= 4 is 23.5 Å². The van der Waals surface area contributed by atoms with Crippen LogP contribution in [0.15, 0.2) is 48.5 Å². The van der Waals surface area contributed by atoms with Crippen LogP contribution in [-0.2, 0) is 14.3 Å². The fourth-order valence-electron chi connectivity index (χ4n) is 5.71. The van der Waals surface area contributed by atoms with Crippen LogP contribution in [0.3, 0.4) is 0 Å². The van der Waals surface area contributed by atoms with Gasteiger partial charge in [-0.2, -0.15) is 0 Å². The van der Waals surface area contributed by atoms with Crippen LogP contribution in [0, 0.1) is 5.92 Å². The molecule has 204 valence electrons. The number of halogens is 3. The quantitative estimate of drug-likeness (QED) is 0.325. The summed E-state index contributed by atoms with van der Waals surface area (Å²) in [5, 5.41) is 0. The lowest BCUT2D eigenvalue weighted by Crippen LogP contribution is -2.52. The molecule has 38 heavy (non-hydrogen) atoms. The highest BCUT2D eigenvalue weighted by Crippen LogP contribution is 2.50. The fraction of sp³-hybridized carbons (Fsp3) is 0.464. The molecule has 1 saturated carbocycles. The lowest BCUT2D eigenvalue weighted by atomic mass is 9.81. The monoisotopic (exact) mass is 532 g/mol. The minimum Gasteiger partial charge on any atom is -0.466 e. The number of carbonyl (C=O) groups excluding carboxylic acids is 3. The fourth-order valence-corrected chi connectivity index (χ4v) is 5.71. The molecule has 0 N–H and O–H groups in total. The smallest absolute Gasteiger partial charge is 0.466 e. The second kappa shape index (κ2) is 11.4. The van der Waals surface area contributed by atoms with Crippen molar-refractivity contribution in [1.82, 2.24) is 4.90 Å². The van der Waals surface area contributed by atoms with Crippen LogP contribution in [0.2, 0.25) is 0 Å². The molecule has 0 saturated heterocycles. The third-order valence-electron chi connectivity index (χ3n) is 7.18. The highest BCUT2D eigenvalue weighted by atomic mass is 19.4. The number of rotatable bonds is 8. The third-order valence-corrected chi connectivity index (χ3v) is 7.18. The van der Waals surface area contributed by atoms with Crippen LogP contribution in [0.1, 0.15) is 67.9 Å². The van der Waals surface area contributed by atoms with E-state index in [1.165, 1.54) is 19.1 Å². The average Bonchev–Trinajstić information content (AvgIpc) is 3.33. The molecule has 2 aliphatic rings. The molecule has 2 aromatic rings. The van der Waals surface area contributed by atoms with Gasteiger partial charge in [-0.05, 0) is 61.6 Å². The molecule has 7 nitrogen and oxygen atoms in total. The van der Waals surface area contributed by atoms with E-state index in [0.717, 1.165) is 37.0 Å². The Bertz CT molecular complexity index is 1170. The Morgan fingerprint density at radius 3 is 2.37 bits per heavy atom. The number of anilines is 1. The second-order valence-electron chi connectivity index (χ2n) is 9.67. The van der Waals surface area contributed by atoms with Crippen LogP contribution in [0.5, 0.6) is 5.75 Å². The van der Waals surface area contributed by atoms with E-state index in [4.69, 9.17) is 4.74 Å². The molecular formula is C28H31F3N2O5. The Labute approximate surface area is 219 Å². The first kappa shape index (κ1) is 27.5. The van der Waals surface area contributed by atoms with Crippen molar-refractivity contribution in [2.45, 2.75) is 64.4 Å². The van der Waals surface area contributed by atoms with Crippen LogP contribution in [0.25, 0.3) is 0 Å². The molecule has 0 spiro atoms. The summed E-state index contributed by atoms with van der Waals surface area (Å²) in [7, 11) is 0. The van der Waals surface area contributed by atoms with Gasteiger partial charge in [0.15, 0.2) is 0 Å². The minimum absolute atomic E-state index is 0.0130. The summed E-state index contributed by atoms with van der Waals surface area (Å²) in [5.74, 6) is -1.09. The van der Waals surface area contributed by atoms with Crippen molar-refractivity contribution in [2.24, 2.45) is 5.92 Å². The molecule has 0 bridgehead atoms. The molecule has 1 fully saturated rings. The normalized spacial score (nSPS) is 20.3. The van der Waals surface area contributed by atoms with Crippen molar-refractivity contribution in [1.29, 1.82) is 0 Å². The van der Waals surface area contributed by atoms with E-state index in [1.807, 2.05) is 29.2 Å². The van der Waals surface area contributed by atoms with Gasteiger partial charge in [0.25, 0.3) is 5.91 Å². The van der Waals surface area contributed by atoms with Crippen LogP contribution >= 0.6 is 0 Å². The maximum atomic E-state index is 13.8. The predicted molar refractivity (Wildman–Crippen MR) is 134 cm³/mol. The Balaban J connectivity index is 1.62. The molecule has 3 atom stereocenters. The Kier molecular flexibility index (Phi) is 8.28. The SMILES string of the molecule is CC(=O)OCCCCN(C(C)=O)C1c2ccccc2N(C(=O)c2ccc(OC(F)(F)F)cc2)C2CCCC12. The maximum absolute atomic E-state index is 13.8. The van der Waals surface area contributed by atoms with Gasteiger partial charge in [-0.1, -0.05) is 24.6 Å². The van der Waals surface area contributed by atoms with E-state index in [0.29, 0.717) is 31.7 Å². The highest BCUT2D eigenvalue weighted by Gasteiger charge is 2.48. The molecule has 4 rings (SSSR count). The third kappa shape index (κ3) is 6.11.